The number of carbonyl (C=O) groups excluding carboxylic acids is 1. The van der Waals surface area contributed by atoms with E-state index in [1.165, 1.54) is 6.33 Å². The van der Waals surface area contributed by atoms with E-state index in [0.29, 0.717) is 26.2 Å². The number of urea groups is 1. The average Bonchev–Trinajstić information content (AvgIpc) is 3.15. The topological polar surface area (TPSA) is 72.3 Å². The lowest BCUT2D eigenvalue weighted by atomic mass is 10.1. The molecular weight excluding hydrogens is 318 g/mol. The maximum atomic E-state index is 12.8. The number of carbonyl (C=O) groups is 1. The smallest absolute Gasteiger partial charge is 0.318 e. The van der Waals surface area contributed by atoms with Gasteiger partial charge in [0.1, 0.15) is 12.7 Å². The summed E-state index contributed by atoms with van der Waals surface area (Å²) < 4.78 is 7.46. The third-order valence-electron chi connectivity index (χ3n) is 4.37. The van der Waals surface area contributed by atoms with Crippen molar-refractivity contribution in [3.05, 3.63) is 48.5 Å². The molecule has 1 fully saturated rings. The number of ether oxygens (including phenoxy) is 1. The summed E-state index contributed by atoms with van der Waals surface area (Å²) in [4.78, 5) is 18.6. The molecule has 0 spiro atoms. The van der Waals surface area contributed by atoms with E-state index in [4.69, 9.17) is 4.74 Å². The zero-order chi connectivity index (χ0) is 17.5. The summed E-state index contributed by atoms with van der Waals surface area (Å²) in [5, 5.41) is 7.31. The normalized spacial score (nSPS) is 18.8. The van der Waals surface area contributed by atoms with Crippen molar-refractivity contribution in [2.45, 2.75) is 38.5 Å². The van der Waals surface area contributed by atoms with Gasteiger partial charge in [-0.2, -0.15) is 5.10 Å². The predicted molar refractivity (Wildman–Crippen MR) is 94.0 cm³/mol. The number of nitrogens with one attached hydrogen (secondary N) is 1. The molecule has 1 aliphatic rings. The van der Waals surface area contributed by atoms with Gasteiger partial charge in [-0.3, -0.25) is 4.68 Å². The lowest BCUT2D eigenvalue weighted by molar-refractivity contribution is -0.0185. The number of benzene rings is 1. The Morgan fingerprint density at radius 2 is 2.24 bits per heavy atom. The van der Waals surface area contributed by atoms with E-state index in [-0.39, 0.29) is 18.2 Å². The zero-order valence-electron chi connectivity index (χ0n) is 14.5. The molecular formula is C18H25N5O2. The molecule has 2 atom stereocenters. The van der Waals surface area contributed by atoms with E-state index >= 15 is 0 Å². The van der Waals surface area contributed by atoms with Gasteiger partial charge in [0.05, 0.1) is 25.3 Å². The highest BCUT2D eigenvalue weighted by molar-refractivity contribution is 5.74. The van der Waals surface area contributed by atoms with E-state index in [1.807, 2.05) is 35.2 Å². The van der Waals surface area contributed by atoms with Crippen LogP contribution in [-0.4, -0.2) is 51.5 Å². The first-order chi connectivity index (χ1) is 12.3. The van der Waals surface area contributed by atoms with Crippen molar-refractivity contribution < 1.29 is 9.53 Å². The SMILES string of the molecule is CCC[C@H]1CN(C(=O)N[C@H](Cn2cncn2)c2ccccc2)CCO1. The summed E-state index contributed by atoms with van der Waals surface area (Å²) in [7, 11) is 0. The van der Waals surface area contributed by atoms with Crippen molar-refractivity contribution in [1.82, 2.24) is 25.0 Å². The molecule has 1 aromatic heterocycles. The van der Waals surface area contributed by atoms with Gasteiger partial charge >= 0.3 is 6.03 Å². The van der Waals surface area contributed by atoms with Gasteiger partial charge in [0.2, 0.25) is 0 Å². The summed E-state index contributed by atoms with van der Waals surface area (Å²) in [5.41, 5.74) is 1.05. The number of aromatic nitrogens is 3. The highest BCUT2D eigenvalue weighted by atomic mass is 16.5. The van der Waals surface area contributed by atoms with Crippen LogP contribution in [0.4, 0.5) is 4.79 Å². The number of amides is 2. The second-order valence-corrected chi connectivity index (χ2v) is 6.26. The van der Waals surface area contributed by atoms with Crippen molar-refractivity contribution in [2.24, 2.45) is 0 Å². The maximum absolute atomic E-state index is 12.8. The van der Waals surface area contributed by atoms with Gasteiger partial charge in [0.25, 0.3) is 0 Å². The third kappa shape index (κ3) is 4.79. The molecule has 2 aromatic rings. The molecule has 2 heterocycles. The predicted octanol–water partition coefficient (Wildman–Crippen LogP) is 2.23. The van der Waals surface area contributed by atoms with Crippen LogP contribution in [0.5, 0.6) is 0 Å². The molecule has 134 valence electrons. The van der Waals surface area contributed by atoms with Gasteiger partial charge < -0.3 is 15.0 Å². The Morgan fingerprint density at radius 3 is 2.96 bits per heavy atom. The number of hydrogen-bond donors (Lipinski definition) is 1. The van der Waals surface area contributed by atoms with Crippen molar-refractivity contribution in [3.63, 3.8) is 0 Å². The van der Waals surface area contributed by atoms with E-state index in [0.717, 1.165) is 18.4 Å². The molecule has 1 saturated heterocycles. The fourth-order valence-electron chi connectivity index (χ4n) is 3.07. The van der Waals surface area contributed by atoms with Crippen LogP contribution in [0.2, 0.25) is 0 Å². The Morgan fingerprint density at radius 1 is 1.40 bits per heavy atom. The van der Waals surface area contributed by atoms with Crippen LogP contribution in [0.25, 0.3) is 0 Å². The molecule has 0 bridgehead atoms. The quantitative estimate of drug-likeness (QED) is 0.873. The highest BCUT2D eigenvalue weighted by Gasteiger charge is 2.25. The minimum absolute atomic E-state index is 0.0571. The lowest BCUT2D eigenvalue weighted by Gasteiger charge is -2.34. The van der Waals surface area contributed by atoms with E-state index in [1.54, 1.807) is 11.0 Å². The van der Waals surface area contributed by atoms with Crippen LogP contribution < -0.4 is 5.32 Å². The zero-order valence-corrected chi connectivity index (χ0v) is 14.5. The summed E-state index contributed by atoms with van der Waals surface area (Å²) in [6.45, 7) is 4.53. The molecule has 1 aliphatic heterocycles. The van der Waals surface area contributed by atoms with Gasteiger partial charge in [0.15, 0.2) is 0 Å². The van der Waals surface area contributed by atoms with E-state index in [2.05, 4.69) is 22.3 Å². The van der Waals surface area contributed by atoms with Gasteiger partial charge in [-0.25, -0.2) is 9.78 Å². The molecule has 0 aliphatic carbocycles. The van der Waals surface area contributed by atoms with Crippen LogP contribution in [0.1, 0.15) is 31.4 Å². The first-order valence-electron chi connectivity index (χ1n) is 8.80. The Kier molecular flexibility index (Phi) is 6.00. The van der Waals surface area contributed by atoms with E-state index in [9.17, 15) is 4.79 Å². The molecule has 7 heteroatoms. The van der Waals surface area contributed by atoms with Crippen LogP contribution in [0.3, 0.4) is 0 Å². The maximum Gasteiger partial charge on any atom is 0.318 e. The van der Waals surface area contributed by atoms with E-state index < -0.39 is 0 Å². The van der Waals surface area contributed by atoms with Crippen molar-refractivity contribution in [1.29, 1.82) is 0 Å². The third-order valence-corrected chi connectivity index (χ3v) is 4.37. The Hall–Kier alpha value is -2.41. The molecule has 0 saturated carbocycles. The van der Waals surface area contributed by atoms with Gasteiger partial charge in [-0.1, -0.05) is 43.7 Å². The van der Waals surface area contributed by atoms with Gasteiger partial charge in [-0.05, 0) is 12.0 Å². The number of nitrogens with zero attached hydrogens (tertiary/aromatic N) is 4. The molecule has 0 unspecified atom stereocenters. The molecule has 0 radical (unpaired) electrons. The summed E-state index contributed by atoms with van der Waals surface area (Å²) in [6.07, 6.45) is 5.33. The van der Waals surface area contributed by atoms with Crippen molar-refractivity contribution in [3.8, 4) is 0 Å². The molecule has 7 nitrogen and oxygen atoms in total. The monoisotopic (exact) mass is 343 g/mol. The number of hydrogen-bond acceptors (Lipinski definition) is 4. The van der Waals surface area contributed by atoms with Crippen molar-refractivity contribution in [2.75, 3.05) is 19.7 Å². The fraction of sp³-hybridized carbons (Fsp3) is 0.500. The largest absolute Gasteiger partial charge is 0.375 e. The summed E-state index contributed by atoms with van der Waals surface area (Å²) >= 11 is 0. The van der Waals surface area contributed by atoms with Crippen LogP contribution in [0, 0.1) is 0 Å². The second kappa shape index (κ2) is 8.62. The molecule has 3 rings (SSSR count). The fourth-order valence-corrected chi connectivity index (χ4v) is 3.07. The Bertz CT molecular complexity index is 645. The molecule has 1 aromatic carbocycles. The Labute approximate surface area is 148 Å². The Balaban J connectivity index is 1.67. The van der Waals surface area contributed by atoms with Gasteiger partial charge in [0, 0.05) is 13.1 Å². The molecule has 1 N–H and O–H groups in total. The average molecular weight is 343 g/mol. The van der Waals surface area contributed by atoms with Crippen LogP contribution in [0.15, 0.2) is 43.0 Å². The summed E-state index contributed by atoms with van der Waals surface area (Å²) in [5.74, 6) is 0. The molecule has 25 heavy (non-hydrogen) atoms. The standard InChI is InChI=1S/C18H25N5O2/c1-2-6-16-11-22(9-10-25-16)18(24)21-17(12-23-14-19-13-20-23)15-7-4-3-5-8-15/h3-5,7-8,13-14,16-17H,2,6,9-12H2,1H3,(H,21,24)/t16-,17+/m0/s1. The highest BCUT2D eigenvalue weighted by Crippen LogP contribution is 2.16. The number of morpholine rings is 1. The van der Waals surface area contributed by atoms with Crippen LogP contribution >= 0.6 is 0 Å². The first-order valence-corrected chi connectivity index (χ1v) is 8.80. The van der Waals surface area contributed by atoms with Crippen LogP contribution in [-0.2, 0) is 11.3 Å². The first kappa shape index (κ1) is 17.4. The van der Waals surface area contributed by atoms with Gasteiger partial charge in [-0.15, -0.1) is 0 Å². The summed E-state index contributed by atoms with van der Waals surface area (Å²) in [6, 6.07) is 9.72. The van der Waals surface area contributed by atoms with Crippen molar-refractivity contribution >= 4 is 6.03 Å². The minimum atomic E-state index is -0.164. The molecule has 2 amide bonds. The lowest BCUT2D eigenvalue weighted by Crippen LogP contribution is -2.50. The minimum Gasteiger partial charge on any atom is -0.375 e. The number of rotatable bonds is 6. The second-order valence-electron chi connectivity index (χ2n) is 6.26.